The Kier molecular flexibility index (Phi) is 4.86. The summed E-state index contributed by atoms with van der Waals surface area (Å²) >= 11 is 3.50. The fraction of sp³-hybridized carbons (Fsp3) is 0.714. The molecule has 0 aliphatic carbocycles. The first-order chi connectivity index (χ1) is 9.39. The zero-order valence-corrected chi connectivity index (χ0v) is 14.1. The van der Waals surface area contributed by atoms with Gasteiger partial charge in [0.05, 0.1) is 17.8 Å². The number of morpholine rings is 1. The van der Waals surface area contributed by atoms with Crippen LogP contribution in [0.2, 0.25) is 0 Å². The van der Waals surface area contributed by atoms with E-state index in [1.165, 1.54) is 0 Å². The van der Waals surface area contributed by atoms with Crippen molar-refractivity contribution in [1.29, 1.82) is 0 Å². The summed E-state index contributed by atoms with van der Waals surface area (Å²) in [6.07, 6.45) is 1.82. The molecule has 0 bridgehead atoms. The van der Waals surface area contributed by atoms with E-state index in [1.807, 2.05) is 19.9 Å². The summed E-state index contributed by atoms with van der Waals surface area (Å²) in [6.45, 7) is 9.78. The Morgan fingerprint density at radius 1 is 1.50 bits per heavy atom. The summed E-state index contributed by atoms with van der Waals surface area (Å²) < 4.78 is 11.6. The van der Waals surface area contributed by atoms with E-state index in [9.17, 15) is 0 Å². The van der Waals surface area contributed by atoms with Gasteiger partial charge in [-0.05, 0) is 27.7 Å². The van der Waals surface area contributed by atoms with E-state index < -0.39 is 0 Å². The minimum atomic E-state index is -0.194. The second-order valence-electron chi connectivity index (χ2n) is 5.92. The second kappa shape index (κ2) is 6.26. The Labute approximate surface area is 128 Å². The smallest absolute Gasteiger partial charge is 0.218 e. The molecule has 1 fully saturated rings. The van der Waals surface area contributed by atoms with Gasteiger partial charge in [0.15, 0.2) is 0 Å². The molecule has 5 nitrogen and oxygen atoms in total. The number of alkyl halides is 1. The Morgan fingerprint density at radius 2 is 2.25 bits per heavy atom. The van der Waals surface area contributed by atoms with Gasteiger partial charge in [0.1, 0.15) is 12.1 Å². The normalized spacial score (nSPS) is 22.1. The SMILES string of the molecule is CC(C)Oc1cc(N2CC(CBr)OC(C)(C)C2)ncn1. The molecule has 20 heavy (non-hydrogen) atoms. The van der Waals surface area contributed by atoms with Crippen molar-refractivity contribution in [2.75, 3.05) is 23.3 Å². The molecule has 1 aromatic heterocycles. The van der Waals surface area contributed by atoms with Crippen molar-refractivity contribution in [3.63, 3.8) is 0 Å². The van der Waals surface area contributed by atoms with Crippen molar-refractivity contribution in [1.82, 2.24) is 9.97 Å². The minimum absolute atomic E-state index is 0.106. The number of rotatable bonds is 4. The number of aromatic nitrogens is 2. The predicted molar refractivity (Wildman–Crippen MR) is 82.8 cm³/mol. The van der Waals surface area contributed by atoms with Gasteiger partial charge in [-0.2, -0.15) is 0 Å². The van der Waals surface area contributed by atoms with Crippen molar-refractivity contribution in [2.24, 2.45) is 0 Å². The van der Waals surface area contributed by atoms with Gasteiger partial charge < -0.3 is 14.4 Å². The molecule has 6 heteroatoms. The number of anilines is 1. The van der Waals surface area contributed by atoms with Crippen LogP contribution in [-0.4, -0.2) is 46.2 Å². The Balaban J connectivity index is 2.17. The average molecular weight is 344 g/mol. The molecule has 112 valence electrons. The molecule has 1 unspecified atom stereocenters. The molecule has 0 saturated carbocycles. The molecule has 0 N–H and O–H groups in total. The number of hydrogen-bond acceptors (Lipinski definition) is 5. The number of nitrogens with zero attached hydrogens (tertiary/aromatic N) is 3. The number of hydrogen-bond donors (Lipinski definition) is 0. The van der Waals surface area contributed by atoms with Gasteiger partial charge in [-0.3, -0.25) is 0 Å². The lowest BCUT2D eigenvalue weighted by atomic mass is 10.1. The van der Waals surface area contributed by atoms with E-state index in [4.69, 9.17) is 9.47 Å². The van der Waals surface area contributed by atoms with Gasteiger partial charge in [-0.1, -0.05) is 15.9 Å². The lowest BCUT2D eigenvalue weighted by Crippen LogP contribution is -2.53. The van der Waals surface area contributed by atoms with E-state index in [0.29, 0.717) is 5.88 Å². The molecule has 0 amide bonds. The molecule has 2 heterocycles. The second-order valence-corrected chi connectivity index (χ2v) is 6.56. The van der Waals surface area contributed by atoms with Crippen LogP contribution in [0.25, 0.3) is 0 Å². The van der Waals surface area contributed by atoms with Gasteiger partial charge in [-0.25, -0.2) is 9.97 Å². The quantitative estimate of drug-likeness (QED) is 0.786. The highest BCUT2D eigenvalue weighted by atomic mass is 79.9. The Bertz CT molecular complexity index is 454. The number of halogens is 1. The largest absolute Gasteiger partial charge is 0.475 e. The van der Waals surface area contributed by atoms with Crippen LogP contribution >= 0.6 is 15.9 Å². The summed E-state index contributed by atoms with van der Waals surface area (Å²) in [4.78, 5) is 10.7. The summed E-state index contributed by atoms with van der Waals surface area (Å²) in [6, 6.07) is 1.90. The van der Waals surface area contributed by atoms with Crippen LogP contribution < -0.4 is 9.64 Å². The van der Waals surface area contributed by atoms with Gasteiger partial charge in [-0.15, -0.1) is 0 Å². The first-order valence-electron chi connectivity index (χ1n) is 6.87. The fourth-order valence-electron chi connectivity index (χ4n) is 2.36. The fourth-order valence-corrected chi connectivity index (χ4v) is 2.70. The van der Waals surface area contributed by atoms with Crippen molar-refractivity contribution in [3.05, 3.63) is 12.4 Å². The molecular formula is C14H22BrN3O2. The molecule has 0 spiro atoms. The highest BCUT2D eigenvalue weighted by molar-refractivity contribution is 9.09. The van der Waals surface area contributed by atoms with Gasteiger partial charge in [0.2, 0.25) is 5.88 Å². The van der Waals surface area contributed by atoms with E-state index in [0.717, 1.165) is 24.2 Å². The average Bonchev–Trinajstić information content (AvgIpc) is 2.36. The Morgan fingerprint density at radius 3 is 2.90 bits per heavy atom. The highest BCUT2D eigenvalue weighted by Crippen LogP contribution is 2.26. The van der Waals surface area contributed by atoms with Crippen LogP contribution in [0.4, 0.5) is 5.82 Å². The lowest BCUT2D eigenvalue weighted by Gasteiger charge is -2.42. The van der Waals surface area contributed by atoms with Crippen molar-refractivity contribution in [2.45, 2.75) is 45.5 Å². The van der Waals surface area contributed by atoms with Crippen LogP contribution in [0.3, 0.4) is 0 Å². The van der Waals surface area contributed by atoms with Crippen LogP contribution in [0, 0.1) is 0 Å². The number of ether oxygens (including phenoxy) is 2. The summed E-state index contributed by atoms with van der Waals surface area (Å²) in [7, 11) is 0. The van der Waals surface area contributed by atoms with E-state index in [1.54, 1.807) is 6.33 Å². The lowest BCUT2D eigenvalue weighted by molar-refractivity contribution is -0.0726. The predicted octanol–water partition coefficient (Wildman–Crippen LogP) is 2.64. The first-order valence-corrected chi connectivity index (χ1v) is 7.99. The summed E-state index contributed by atoms with van der Waals surface area (Å²) in [5.41, 5.74) is -0.194. The minimum Gasteiger partial charge on any atom is -0.475 e. The molecular weight excluding hydrogens is 322 g/mol. The standard InChI is InChI=1S/C14H22BrN3O2/c1-10(2)19-13-5-12(16-9-17-13)18-7-11(6-15)20-14(3,4)8-18/h5,9-11H,6-8H2,1-4H3. The Hall–Kier alpha value is -0.880. The summed E-state index contributed by atoms with van der Waals surface area (Å²) in [5, 5.41) is 0.813. The van der Waals surface area contributed by atoms with Crippen molar-refractivity contribution < 1.29 is 9.47 Å². The maximum Gasteiger partial charge on any atom is 0.218 e. The third kappa shape index (κ3) is 4.06. The highest BCUT2D eigenvalue weighted by Gasteiger charge is 2.33. The molecule has 1 aromatic rings. The third-order valence-electron chi connectivity index (χ3n) is 2.96. The van der Waals surface area contributed by atoms with Gasteiger partial charge in [0.25, 0.3) is 0 Å². The maximum absolute atomic E-state index is 6.01. The van der Waals surface area contributed by atoms with E-state index >= 15 is 0 Å². The van der Waals surface area contributed by atoms with Crippen LogP contribution in [0.1, 0.15) is 27.7 Å². The van der Waals surface area contributed by atoms with Crippen molar-refractivity contribution >= 4 is 21.7 Å². The first kappa shape index (κ1) is 15.5. The maximum atomic E-state index is 6.01. The molecule has 0 aromatic carbocycles. The summed E-state index contributed by atoms with van der Waals surface area (Å²) in [5.74, 6) is 1.50. The molecule has 1 saturated heterocycles. The molecule has 1 atom stereocenters. The zero-order valence-electron chi connectivity index (χ0n) is 12.5. The monoisotopic (exact) mass is 343 g/mol. The van der Waals surface area contributed by atoms with Gasteiger partial charge in [0, 0.05) is 24.5 Å². The molecule has 1 aliphatic heterocycles. The van der Waals surface area contributed by atoms with Crippen LogP contribution in [-0.2, 0) is 4.74 Å². The van der Waals surface area contributed by atoms with E-state index in [-0.39, 0.29) is 17.8 Å². The van der Waals surface area contributed by atoms with Crippen LogP contribution in [0.15, 0.2) is 12.4 Å². The third-order valence-corrected chi connectivity index (χ3v) is 3.68. The van der Waals surface area contributed by atoms with Gasteiger partial charge >= 0.3 is 0 Å². The van der Waals surface area contributed by atoms with Crippen LogP contribution in [0.5, 0.6) is 5.88 Å². The molecule has 0 radical (unpaired) electrons. The molecule has 1 aliphatic rings. The van der Waals surface area contributed by atoms with E-state index in [2.05, 4.69) is 44.6 Å². The zero-order chi connectivity index (χ0) is 14.8. The topological polar surface area (TPSA) is 47.5 Å². The molecule has 2 rings (SSSR count). The van der Waals surface area contributed by atoms with Crippen molar-refractivity contribution in [3.8, 4) is 5.88 Å².